The summed E-state index contributed by atoms with van der Waals surface area (Å²) in [6.45, 7) is 4.30. The highest BCUT2D eigenvalue weighted by Crippen LogP contribution is 2.25. The second kappa shape index (κ2) is 4.19. The maximum absolute atomic E-state index is 4.66. The third-order valence-corrected chi connectivity index (χ3v) is 2.99. The monoisotopic (exact) mass is 218 g/mol. The highest BCUT2D eigenvalue weighted by Gasteiger charge is 2.10. The molecule has 0 saturated carbocycles. The Balaban J connectivity index is 2.69. The first-order valence-electron chi connectivity index (χ1n) is 5.03. The van der Waals surface area contributed by atoms with Crippen molar-refractivity contribution in [3.05, 3.63) is 30.0 Å². The van der Waals surface area contributed by atoms with Crippen molar-refractivity contribution in [1.29, 1.82) is 0 Å². The van der Waals surface area contributed by atoms with Gasteiger partial charge in [0.15, 0.2) is 0 Å². The summed E-state index contributed by atoms with van der Waals surface area (Å²) in [5.74, 6) is 0.421. The smallest absolute Gasteiger partial charge is 0.118 e. The number of hydrogen-bond acceptors (Lipinski definition) is 3. The van der Waals surface area contributed by atoms with Crippen LogP contribution in [0.5, 0.6) is 0 Å². The van der Waals surface area contributed by atoms with E-state index >= 15 is 0 Å². The fourth-order valence-corrected chi connectivity index (χ4v) is 2.20. The first-order valence-corrected chi connectivity index (χ1v) is 6.25. The van der Waals surface area contributed by atoms with Crippen molar-refractivity contribution in [2.45, 2.75) is 24.8 Å². The molecule has 0 bridgehead atoms. The van der Waals surface area contributed by atoms with Crippen molar-refractivity contribution in [1.82, 2.24) is 9.97 Å². The van der Waals surface area contributed by atoms with E-state index < -0.39 is 0 Å². The molecule has 78 valence electrons. The topological polar surface area (TPSA) is 25.8 Å². The van der Waals surface area contributed by atoms with Crippen molar-refractivity contribution >= 4 is 22.8 Å². The van der Waals surface area contributed by atoms with E-state index in [-0.39, 0.29) is 0 Å². The number of hydrogen-bond donors (Lipinski definition) is 0. The zero-order valence-corrected chi connectivity index (χ0v) is 10.0. The molecule has 0 aliphatic heterocycles. The van der Waals surface area contributed by atoms with E-state index in [9.17, 15) is 0 Å². The lowest BCUT2D eigenvalue weighted by atomic mass is 10.1. The zero-order valence-electron chi connectivity index (χ0n) is 9.19. The largest absolute Gasteiger partial charge is 0.248 e. The quantitative estimate of drug-likeness (QED) is 0.722. The van der Waals surface area contributed by atoms with E-state index in [2.05, 4.69) is 23.8 Å². The van der Waals surface area contributed by atoms with Gasteiger partial charge in [-0.25, -0.2) is 9.97 Å². The van der Waals surface area contributed by atoms with Gasteiger partial charge in [-0.1, -0.05) is 26.0 Å². The summed E-state index contributed by atoms with van der Waals surface area (Å²) in [4.78, 5) is 9.28. The first-order chi connectivity index (χ1) is 7.22. The van der Waals surface area contributed by atoms with E-state index in [1.807, 2.05) is 30.5 Å². The lowest BCUT2D eigenvalue weighted by molar-refractivity contribution is 0.783. The van der Waals surface area contributed by atoms with Gasteiger partial charge in [-0.3, -0.25) is 0 Å². The molecule has 0 saturated heterocycles. The molecule has 2 rings (SSSR count). The fourth-order valence-electron chi connectivity index (χ4n) is 1.52. The van der Waals surface area contributed by atoms with Crippen LogP contribution < -0.4 is 0 Å². The van der Waals surface area contributed by atoms with Crippen LogP contribution in [0.25, 0.3) is 11.0 Å². The Labute approximate surface area is 94.1 Å². The Morgan fingerprint density at radius 3 is 2.20 bits per heavy atom. The van der Waals surface area contributed by atoms with Gasteiger partial charge in [-0.05, 0) is 24.3 Å². The lowest BCUT2D eigenvalue weighted by Gasteiger charge is -2.10. The zero-order chi connectivity index (χ0) is 10.8. The van der Waals surface area contributed by atoms with Gasteiger partial charge < -0.3 is 0 Å². The molecule has 1 aromatic carbocycles. The molecule has 1 aromatic heterocycles. The van der Waals surface area contributed by atoms with Crippen LogP contribution in [0.15, 0.2) is 29.3 Å². The number of thioether (sulfide) groups is 1. The summed E-state index contributed by atoms with van der Waals surface area (Å²) in [5.41, 5.74) is 3.06. The fraction of sp³-hybridized carbons (Fsp3) is 0.333. The van der Waals surface area contributed by atoms with Crippen LogP contribution in [0.4, 0.5) is 0 Å². The third-order valence-electron chi connectivity index (χ3n) is 2.30. The van der Waals surface area contributed by atoms with Gasteiger partial charge in [0.25, 0.3) is 0 Å². The lowest BCUT2D eigenvalue weighted by Crippen LogP contribution is -1.99. The van der Waals surface area contributed by atoms with Crippen molar-refractivity contribution in [2.24, 2.45) is 0 Å². The van der Waals surface area contributed by atoms with E-state index in [1.165, 1.54) is 0 Å². The van der Waals surface area contributed by atoms with E-state index in [1.54, 1.807) is 11.8 Å². The minimum absolute atomic E-state index is 0.421. The Morgan fingerprint density at radius 1 is 1.07 bits per heavy atom. The number of benzene rings is 1. The predicted octanol–water partition coefficient (Wildman–Crippen LogP) is 3.48. The summed E-state index contributed by atoms with van der Waals surface area (Å²) < 4.78 is 0. The van der Waals surface area contributed by atoms with E-state index in [0.29, 0.717) is 5.92 Å². The average Bonchev–Trinajstić information content (AvgIpc) is 2.27. The van der Waals surface area contributed by atoms with Crippen LogP contribution in [0.2, 0.25) is 0 Å². The number of aromatic nitrogens is 2. The molecule has 2 aromatic rings. The minimum Gasteiger partial charge on any atom is -0.248 e. The van der Waals surface area contributed by atoms with E-state index in [0.717, 1.165) is 21.8 Å². The van der Waals surface area contributed by atoms with Crippen molar-refractivity contribution in [2.75, 3.05) is 6.26 Å². The van der Waals surface area contributed by atoms with Crippen LogP contribution in [0.1, 0.15) is 25.5 Å². The molecule has 3 heteroatoms. The Hall–Kier alpha value is -1.09. The molecule has 0 spiro atoms. The Bertz CT molecular complexity index is 480. The van der Waals surface area contributed by atoms with Gasteiger partial charge in [-0.15, -0.1) is 11.8 Å². The maximum Gasteiger partial charge on any atom is 0.118 e. The molecular weight excluding hydrogens is 204 g/mol. The second-order valence-electron chi connectivity index (χ2n) is 3.76. The van der Waals surface area contributed by atoms with Gasteiger partial charge in [0, 0.05) is 0 Å². The molecule has 0 aliphatic carbocycles. The van der Waals surface area contributed by atoms with Crippen molar-refractivity contribution in [3.63, 3.8) is 0 Å². The summed E-state index contributed by atoms with van der Waals surface area (Å²) in [6, 6.07) is 8.01. The molecule has 0 fully saturated rings. The van der Waals surface area contributed by atoms with E-state index in [4.69, 9.17) is 0 Å². The highest BCUT2D eigenvalue weighted by atomic mass is 32.2. The molecule has 0 amide bonds. The number of nitrogens with zero attached hydrogens (tertiary/aromatic N) is 2. The molecule has 15 heavy (non-hydrogen) atoms. The molecule has 1 heterocycles. The highest BCUT2D eigenvalue weighted by molar-refractivity contribution is 7.98. The van der Waals surface area contributed by atoms with Gasteiger partial charge in [0.1, 0.15) is 5.03 Å². The normalized spacial score (nSPS) is 11.2. The molecule has 0 radical (unpaired) electrons. The summed E-state index contributed by atoms with van der Waals surface area (Å²) >= 11 is 1.66. The number of rotatable bonds is 2. The SMILES string of the molecule is CSc1nc2ccccc2nc1C(C)C. The van der Waals surface area contributed by atoms with Crippen LogP contribution in [0, 0.1) is 0 Å². The predicted molar refractivity (Wildman–Crippen MR) is 65.4 cm³/mol. The summed E-state index contributed by atoms with van der Waals surface area (Å²) in [7, 11) is 0. The molecule has 0 unspecified atom stereocenters. The van der Waals surface area contributed by atoms with Crippen molar-refractivity contribution in [3.8, 4) is 0 Å². The third kappa shape index (κ3) is 1.97. The minimum atomic E-state index is 0.421. The molecule has 0 aliphatic rings. The Morgan fingerprint density at radius 2 is 1.67 bits per heavy atom. The van der Waals surface area contributed by atoms with Crippen LogP contribution >= 0.6 is 11.8 Å². The van der Waals surface area contributed by atoms with Crippen LogP contribution in [0.3, 0.4) is 0 Å². The standard InChI is InChI=1S/C12H14N2S/c1-8(2)11-12(15-3)14-10-7-5-4-6-9(10)13-11/h4-8H,1-3H3. The maximum atomic E-state index is 4.66. The molecule has 0 N–H and O–H groups in total. The van der Waals surface area contributed by atoms with Gasteiger partial charge in [-0.2, -0.15) is 0 Å². The van der Waals surface area contributed by atoms with Gasteiger partial charge >= 0.3 is 0 Å². The molecule has 2 nitrogen and oxygen atoms in total. The number of fused-ring (bicyclic) bond motifs is 1. The number of para-hydroxylation sites is 2. The second-order valence-corrected chi connectivity index (χ2v) is 4.56. The van der Waals surface area contributed by atoms with Crippen LogP contribution in [-0.4, -0.2) is 16.2 Å². The van der Waals surface area contributed by atoms with Gasteiger partial charge in [0.05, 0.1) is 16.7 Å². The van der Waals surface area contributed by atoms with Crippen molar-refractivity contribution < 1.29 is 0 Å². The average molecular weight is 218 g/mol. The molecular formula is C12H14N2S. The van der Waals surface area contributed by atoms with Crippen LogP contribution in [-0.2, 0) is 0 Å². The van der Waals surface area contributed by atoms with Gasteiger partial charge in [0.2, 0.25) is 0 Å². The Kier molecular flexibility index (Phi) is 2.91. The summed E-state index contributed by atoms with van der Waals surface area (Å²) in [6.07, 6.45) is 2.05. The summed E-state index contributed by atoms with van der Waals surface area (Å²) in [5, 5.41) is 1.05. The molecule has 0 atom stereocenters. The first kappa shape index (κ1) is 10.4.